The molecule has 0 radical (unpaired) electrons. The molecule has 2 bridgehead atoms. The van der Waals surface area contributed by atoms with Crippen LogP contribution in [0.3, 0.4) is 0 Å². The lowest BCUT2D eigenvalue weighted by atomic mass is 9.61. The SMILES string of the molecule is CC1C2CC3(C#N)C(=N)OC(C2OC(=O)C(C)(CC(C)(C)C)C(C)(C)C)C13. The molecule has 1 aliphatic heterocycles. The molecule has 1 N–H and O–H groups in total. The van der Waals surface area contributed by atoms with Crippen LogP contribution in [0.2, 0.25) is 0 Å². The maximum Gasteiger partial charge on any atom is 0.312 e. The van der Waals surface area contributed by atoms with Gasteiger partial charge in [-0.25, -0.2) is 0 Å². The van der Waals surface area contributed by atoms with Gasteiger partial charge in [0.2, 0.25) is 5.90 Å². The molecule has 27 heavy (non-hydrogen) atoms. The van der Waals surface area contributed by atoms with Crippen molar-refractivity contribution in [1.82, 2.24) is 0 Å². The van der Waals surface area contributed by atoms with Crippen LogP contribution in [-0.2, 0) is 14.3 Å². The van der Waals surface area contributed by atoms with Crippen molar-refractivity contribution in [3.63, 3.8) is 0 Å². The van der Waals surface area contributed by atoms with E-state index in [0.29, 0.717) is 6.42 Å². The zero-order chi connectivity index (χ0) is 20.6. The lowest BCUT2D eigenvalue weighted by Crippen LogP contribution is -2.48. The molecule has 0 amide bonds. The van der Waals surface area contributed by atoms with Crippen LogP contribution >= 0.6 is 0 Å². The molecule has 3 aliphatic rings. The largest absolute Gasteiger partial charge is 0.472 e. The number of fused-ring (bicyclic) bond motifs is 1. The summed E-state index contributed by atoms with van der Waals surface area (Å²) in [7, 11) is 0. The molecule has 150 valence electrons. The van der Waals surface area contributed by atoms with Crippen LogP contribution in [0.15, 0.2) is 0 Å². The van der Waals surface area contributed by atoms with Gasteiger partial charge in [0.25, 0.3) is 0 Å². The second-order valence-corrected chi connectivity index (χ2v) is 11.4. The Labute approximate surface area is 163 Å². The van der Waals surface area contributed by atoms with E-state index in [0.717, 1.165) is 6.42 Å². The van der Waals surface area contributed by atoms with Crippen LogP contribution < -0.4 is 0 Å². The van der Waals surface area contributed by atoms with E-state index >= 15 is 0 Å². The van der Waals surface area contributed by atoms with Crippen molar-refractivity contribution in [1.29, 1.82) is 10.7 Å². The number of nitriles is 1. The topological polar surface area (TPSA) is 83.2 Å². The number of rotatable bonds is 3. The molecule has 7 unspecified atom stereocenters. The first-order valence-corrected chi connectivity index (χ1v) is 10.1. The van der Waals surface area contributed by atoms with E-state index < -0.39 is 10.8 Å². The minimum Gasteiger partial charge on any atom is -0.472 e. The van der Waals surface area contributed by atoms with Crippen LogP contribution in [0.5, 0.6) is 0 Å². The number of nitrogens with one attached hydrogen (secondary N) is 1. The average Bonchev–Trinajstić information content (AvgIpc) is 3.01. The molecular weight excluding hydrogens is 340 g/mol. The van der Waals surface area contributed by atoms with Gasteiger partial charge < -0.3 is 9.47 Å². The summed E-state index contributed by atoms with van der Waals surface area (Å²) in [6.07, 6.45) is 0.577. The summed E-state index contributed by atoms with van der Waals surface area (Å²) in [5.41, 5.74) is -1.70. The Balaban J connectivity index is 1.87. The average molecular weight is 375 g/mol. The van der Waals surface area contributed by atoms with E-state index in [9.17, 15) is 10.1 Å². The van der Waals surface area contributed by atoms with Gasteiger partial charge in [-0.15, -0.1) is 0 Å². The Morgan fingerprint density at radius 2 is 1.89 bits per heavy atom. The molecule has 5 nitrogen and oxygen atoms in total. The second kappa shape index (κ2) is 5.72. The van der Waals surface area contributed by atoms with Crippen molar-refractivity contribution in [3.8, 4) is 6.07 Å². The Hall–Kier alpha value is -1.57. The molecule has 1 saturated heterocycles. The molecule has 0 aromatic carbocycles. The van der Waals surface area contributed by atoms with Crippen molar-refractivity contribution in [2.45, 2.75) is 80.4 Å². The summed E-state index contributed by atoms with van der Waals surface area (Å²) in [6, 6.07) is 2.35. The van der Waals surface area contributed by atoms with Crippen molar-refractivity contribution in [2.24, 2.45) is 39.4 Å². The first-order valence-electron chi connectivity index (χ1n) is 10.1. The van der Waals surface area contributed by atoms with Gasteiger partial charge in [-0.1, -0.05) is 48.5 Å². The summed E-state index contributed by atoms with van der Waals surface area (Å²) in [4.78, 5) is 13.4. The first kappa shape index (κ1) is 20.2. The predicted molar refractivity (Wildman–Crippen MR) is 103 cm³/mol. The van der Waals surface area contributed by atoms with E-state index in [-0.39, 0.29) is 52.7 Å². The van der Waals surface area contributed by atoms with Crippen LogP contribution in [0.4, 0.5) is 0 Å². The van der Waals surface area contributed by atoms with Gasteiger partial charge in [0.1, 0.15) is 17.6 Å². The molecule has 3 rings (SSSR count). The Morgan fingerprint density at radius 1 is 1.30 bits per heavy atom. The monoisotopic (exact) mass is 374 g/mol. The van der Waals surface area contributed by atoms with E-state index in [1.54, 1.807) is 0 Å². The normalized spacial score (nSPS) is 39.7. The fourth-order valence-electron chi connectivity index (χ4n) is 5.76. The molecule has 7 atom stereocenters. The number of esters is 1. The van der Waals surface area contributed by atoms with Crippen molar-refractivity contribution in [2.75, 3.05) is 0 Å². The number of nitrogens with zero attached hydrogens (tertiary/aromatic N) is 1. The Bertz CT molecular complexity index is 711. The van der Waals surface area contributed by atoms with Gasteiger partial charge in [0, 0.05) is 11.8 Å². The van der Waals surface area contributed by atoms with E-state index in [2.05, 4.69) is 54.5 Å². The molecule has 2 aliphatic carbocycles. The summed E-state index contributed by atoms with van der Waals surface area (Å²) in [5.74, 6) is 0.158. The number of carbonyl (C=O) groups excluding carboxylic acids is 1. The van der Waals surface area contributed by atoms with Crippen molar-refractivity contribution in [3.05, 3.63) is 0 Å². The maximum absolute atomic E-state index is 13.4. The van der Waals surface area contributed by atoms with Gasteiger partial charge in [0.05, 0.1) is 11.5 Å². The van der Waals surface area contributed by atoms with E-state index in [1.165, 1.54) is 0 Å². The highest BCUT2D eigenvalue weighted by Crippen LogP contribution is 2.65. The van der Waals surface area contributed by atoms with E-state index in [4.69, 9.17) is 14.9 Å². The molecular formula is C22H34N2O3. The Kier molecular flexibility index (Phi) is 4.27. The first-order chi connectivity index (χ1) is 12.2. The molecule has 0 aromatic heterocycles. The number of hydrogen-bond donors (Lipinski definition) is 1. The Morgan fingerprint density at radius 3 is 2.37 bits per heavy atom. The molecule has 3 fully saturated rings. The highest BCUT2D eigenvalue weighted by molar-refractivity contribution is 5.87. The highest BCUT2D eigenvalue weighted by Gasteiger charge is 2.74. The molecule has 5 heteroatoms. The standard InChI is InChI=1S/C22H34N2O3/c1-12-13-9-22(11-23)14(12)16(26-17(22)24)15(13)27-18(25)21(8,20(5,6)7)10-19(2,3)4/h12-16,24H,9-10H2,1-8H3. The lowest BCUT2D eigenvalue weighted by Gasteiger charge is -2.44. The number of ether oxygens (including phenoxy) is 2. The van der Waals surface area contributed by atoms with Gasteiger partial charge >= 0.3 is 5.97 Å². The molecule has 0 spiro atoms. The summed E-state index contributed by atoms with van der Waals surface area (Å²) in [6.45, 7) is 16.8. The number of carbonyl (C=O) groups is 1. The summed E-state index contributed by atoms with van der Waals surface area (Å²) in [5, 5.41) is 17.9. The third kappa shape index (κ3) is 2.70. The fraction of sp³-hybridized carbons (Fsp3) is 0.864. The predicted octanol–water partition coefficient (Wildman–Crippen LogP) is 4.56. The highest BCUT2D eigenvalue weighted by atomic mass is 16.6. The zero-order valence-corrected chi connectivity index (χ0v) is 18.0. The van der Waals surface area contributed by atoms with Gasteiger partial charge in [-0.2, -0.15) is 5.26 Å². The van der Waals surface area contributed by atoms with Crippen LogP contribution in [0.25, 0.3) is 0 Å². The fourth-order valence-corrected chi connectivity index (χ4v) is 5.76. The van der Waals surface area contributed by atoms with Gasteiger partial charge in [-0.05, 0) is 36.5 Å². The summed E-state index contributed by atoms with van der Waals surface area (Å²) < 4.78 is 12.0. The molecule has 0 aromatic rings. The molecule has 2 saturated carbocycles. The minimum absolute atomic E-state index is 0.00896. The van der Waals surface area contributed by atoms with Crippen molar-refractivity contribution >= 4 is 11.9 Å². The smallest absolute Gasteiger partial charge is 0.312 e. The quantitative estimate of drug-likeness (QED) is 0.734. The summed E-state index contributed by atoms with van der Waals surface area (Å²) >= 11 is 0. The number of hydrogen-bond acceptors (Lipinski definition) is 5. The maximum atomic E-state index is 13.4. The minimum atomic E-state index is -0.809. The lowest BCUT2D eigenvalue weighted by molar-refractivity contribution is -0.178. The van der Waals surface area contributed by atoms with E-state index in [1.807, 2.05) is 6.92 Å². The van der Waals surface area contributed by atoms with Crippen molar-refractivity contribution < 1.29 is 14.3 Å². The second-order valence-electron chi connectivity index (χ2n) is 11.4. The van der Waals surface area contributed by atoms with Crippen LogP contribution in [0.1, 0.15) is 68.2 Å². The van der Waals surface area contributed by atoms with Crippen LogP contribution in [0, 0.1) is 56.2 Å². The molecule has 1 heterocycles. The van der Waals surface area contributed by atoms with Gasteiger partial charge in [-0.3, -0.25) is 10.2 Å². The third-order valence-electron chi connectivity index (χ3n) is 7.56. The third-order valence-corrected chi connectivity index (χ3v) is 7.56. The zero-order valence-electron chi connectivity index (χ0n) is 18.0. The van der Waals surface area contributed by atoms with Gasteiger partial charge in [0.15, 0.2) is 0 Å². The van der Waals surface area contributed by atoms with Crippen LogP contribution in [-0.4, -0.2) is 24.1 Å².